The molecule has 17 heavy (non-hydrogen) atoms. The number of benzene rings is 1. The Labute approximate surface area is 104 Å². The zero-order valence-electron chi connectivity index (χ0n) is 11.1. The van der Waals surface area contributed by atoms with Crippen LogP contribution in [0.5, 0.6) is 5.75 Å². The zero-order valence-corrected chi connectivity index (χ0v) is 11.1. The van der Waals surface area contributed by atoms with E-state index >= 15 is 0 Å². The quantitative estimate of drug-likeness (QED) is 0.841. The van der Waals surface area contributed by atoms with Gasteiger partial charge in [-0.05, 0) is 30.4 Å². The molecule has 2 rings (SSSR count). The Kier molecular flexibility index (Phi) is 4.06. The molecule has 0 aromatic heterocycles. The van der Waals surface area contributed by atoms with Crippen molar-refractivity contribution in [3.8, 4) is 5.75 Å². The minimum absolute atomic E-state index is 0.573. The molecular weight excluding hydrogens is 210 g/mol. The van der Waals surface area contributed by atoms with Crippen LogP contribution in [0.3, 0.4) is 0 Å². The first-order chi connectivity index (χ1) is 8.20. The molecule has 2 nitrogen and oxygen atoms in total. The molecular formula is C15H23NO. The van der Waals surface area contributed by atoms with E-state index in [1.807, 2.05) is 0 Å². The molecule has 94 valence electrons. The van der Waals surface area contributed by atoms with E-state index in [-0.39, 0.29) is 0 Å². The molecule has 1 aromatic rings. The van der Waals surface area contributed by atoms with Crippen molar-refractivity contribution in [2.45, 2.75) is 51.6 Å². The van der Waals surface area contributed by atoms with Crippen molar-refractivity contribution >= 4 is 0 Å². The molecule has 0 bridgehead atoms. The van der Waals surface area contributed by atoms with Gasteiger partial charge in [0.25, 0.3) is 0 Å². The lowest BCUT2D eigenvalue weighted by atomic mass is 9.93. The standard InChI is InChI=1S/C15H23NO/c1-11(2)12-7-8-15(17-3)13(9-12)10-16-14-5-4-6-14/h7-9,11,14,16H,4-6,10H2,1-3H3. The third kappa shape index (κ3) is 3.01. The number of nitrogens with one attached hydrogen (secondary N) is 1. The molecule has 0 unspecified atom stereocenters. The smallest absolute Gasteiger partial charge is 0.123 e. The Hall–Kier alpha value is -1.02. The average Bonchev–Trinajstić information content (AvgIpc) is 2.26. The van der Waals surface area contributed by atoms with Gasteiger partial charge in [0, 0.05) is 18.2 Å². The van der Waals surface area contributed by atoms with Gasteiger partial charge in [0.15, 0.2) is 0 Å². The summed E-state index contributed by atoms with van der Waals surface area (Å²) >= 11 is 0. The minimum atomic E-state index is 0.573. The fraction of sp³-hybridized carbons (Fsp3) is 0.600. The zero-order chi connectivity index (χ0) is 12.3. The first-order valence-electron chi connectivity index (χ1n) is 6.61. The summed E-state index contributed by atoms with van der Waals surface area (Å²) in [6.45, 7) is 5.38. The summed E-state index contributed by atoms with van der Waals surface area (Å²) in [5, 5.41) is 3.60. The van der Waals surface area contributed by atoms with E-state index in [2.05, 4.69) is 37.4 Å². The highest BCUT2D eigenvalue weighted by molar-refractivity contribution is 5.38. The van der Waals surface area contributed by atoms with Gasteiger partial charge in [0.05, 0.1) is 7.11 Å². The van der Waals surface area contributed by atoms with E-state index in [9.17, 15) is 0 Å². The number of hydrogen-bond donors (Lipinski definition) is 1. The molecule has 1 fully saturated rings. The normalized spacial score (nSPS) is 16.0. The first-order valence-corrected chi connectivity index (χ1v) is 6.61. The van der Waals surface area contributed by atoms with Crippen molar-refractivity contribution in [1.29, 1.82) is 0 Å². The highest BCUT2D eigenvalue weighted by atomic mass is 16.5. The van der Waals surface area contributed by atoms with Crippen molar-refractivity contribution in [3.05, 3.63) is 29.3 Å². The highest BCUT2D eigenvalue weighted by Crippen LogP contribution is 2.25. The fourth-order valence-electron chi connectivity index (χ4n) is 2.16. The monoisotopic (exact) mass is 233 g/mol. The molecule has 1 aliphatic rings. The van der Waals surface area contributed by atoms with Gasteiger partial charge in [-0.2, -0.15) is 0 Å². The maximum absolute atomic E-state index is 5.42. The summed E-state index contributed by atoms with van der Waals surface area (Å²) in [5.41, 5.74) is 2.67. The van der Waals surface area contributed by atoms with Gasteiger partial charge in [-0.3, -0.25) is 0 Å². The predicted molar refractivity (Wildman–Crippen MR) is 71.6 cm³/mol. The Morgan fingerprint density at radius 3 is 2.65 bits per heavy atom. The summed E-state index contributed by atoms with van der Waals surface area (Å²) in [5.74, 6) is 1.57. The van der Waals surface area contributed by atoms with E-state index in [1.165, 1.54) is 30.4 Å². The van der Waals surface area contributed by atoms with Crippen LogP contribution in [0, 0.1) is 0 Å². The predicted octanol–water partition coefficient (Wildman–Crippen LogP) is 3.46. The van der Waals surface area contributed by atoms with Gasteiger partial charge in [0.2, 0.25) is 0 Å². The van der Waals surface area contributed by atoms with Crippen LogP contribution in [0.25, 0.3) is 0 Å². The van der Waals surface area contributed by atoms with Gasteiger partial charge in [-0.15, -0.1) is 0 Å². The Bertz CT molecular complexity index is 369. The third-order valence-electron chi connectivity index (χ3n) is 3.66. The van der Waals surface area contributed by atoms with E-state index in [4.69, 9.17) is 4.74 Å². The van der Waals surface area contributed by atoms with Gasteiger partial charge in [-0.1, -0.05) is 32.4 Å². The van der Waals surface area contributed by atoms with E-state index < -0.39 is 0 Å². The summed E-state index contributed by atoms with van der Waals surface area (Å²) < 4.78 is 5.42. The second-order valence-corrected chi connectivity index (χ2v) is 5.23. The molecule has 0 radical (unpaired) electrons. The topological polar surface area (TPSA) is 21.3 Å². The Morgan fingerprint density at radius 1 is 1.35 bits per heavy atom. The van der Waals surface area contributed by atoms with Crippen LogP contribution >= 0.6 is 0 Å². The van der Waals surface area contributed by atoms with E-state index in [1.54, 1.807) is 7.11 Å². The maximum Gasteiger partial charge on any atom is 0.123 e. The SMILES string of the molecule is COc1ccc(C(C)C)cc1CNC1CCC1. The molecule has 1 saturated carbocycles. The van der Waals surface area contributed by atoms with Crippen molar-refractivity contribution in [2.75, 3.05) is 7.11 Å². The number of hydrogen-bond acceptors (Lipinski definition) is 2. The van der Waals surface area contributed by atoms with Crippen molar-refractivity contribution < 1.29 is 4.74 Å². The fourth-order valence-corrected chi connectivity index (χ4v) is 2.16. The van der Waals surface area contributed by atoms with Crippen LogP contribution in [0.2, 0.25) is 0 Å². The molecule has 0 amide bonds. The number of methoxy groups -OCH3 is 1. The largest absolute Gasteiger partial charge is 0.496 e. The van der Waals surface area contributed by atoms with Crippen LogP contribution < -0.4 is 10.1 Å². The Balaban J connectivity index is 2.07. The second kappa shape index (κ2) is 5.54. The lowest BCUT2D eigenvalue weighted by Gasteiger charge is -2.27. The lowest BCUT2D eigenvalue weighted by molar-refractivity contribution is 0.334. The lowest BCUT2D eigenvalue weighted by Crippen LogP contribution is -2.34. The summed E-state index contributed by atoms with van der Waals surface area (Å²) in [6.07, 6.45) is 4.03. The van der Waals surface area contributed by atoms with Crippen LogP contribution in [0.4, 0.5) is 0 Å². The summed E-state index contributed by atoms with van der Waals surface area (Å²) in [7, 11) is 1.75. The molecule has 0 saturated heterocycles. The van der Waals surface area contributed by atoms with Crippen LogP contribution in [0.15, 0.2) is 18.2 Å². The van der Waals surface area contributed by atoms with Gasteiger partial charge in [0.1, 0.15) is 5.75 Å². The number of rotatable bonds is 5. The molecule has 0 spiro atoms. The molecule has 1 aromatic carbocycles. The van der Waals surface area contributed by atoms with Crippen molar-refractivity contribution in [3.63, 3.8) is 0 Å². The minimum Gasteiger partial charge on any atom is -0.496 e. The van der Waals surface area contributed by atoms with Gasteiger partial charge in [-0.25, -0.2) is 0 Å². The third-order valence-corrected chi connectivity index (χ3v) is 3.66. The summed E-state index contributed by atoms with van der Waals surface area (Å²) in [4.78, 5) is 0. The first kappa shape index (κ1) is 12.4. The van der Waals surface area contributed by atoms with Crippen LogP contribution in [-0.2, 0) is 6.54 Å². The van der Waals surface area contributed by atoms with Crippen LogP contribution in [-0.4, -0.2) is 13.2 Å². The molecule has 2 heteroatoms. The van der Waals surface area contributed by atoms with Crippen LogP contribution in [0.1, 0.15) is 50.2 Å². The maximum atomic E-state index is 5.42. The Morgan fingerprint density at radius 2 is 2.12 bits per heavy atom. The van der Waals surface area contributed by atoms with Gasteiger partial charge >= 0.3 is 0 Å². The van der Waals surface area contributed by atoms with E-state index in [0.29, 0.717) is 5.92 Å². The number of ether oxygens (including phenoxy) is 1. The molecule has 0 heterocycles. The van der Waals surface area contributed by atoms with Crippen molar-refractivity contribution in [2.24, 2.45) is 0 Å². The van der Waals surface area contributed by atoms with Gasteiger partial charge < -0.3 is 10.1 Å². The highest BCUT2D eigenvalue weighted by Gasteiger charge is 2.17. The average molecular weight is 233 g/mol. The van der Waals surface area contributed by atoms with Crippen molar-refractivity contribution in [1.82, 2.24) is 5.32 Å². The molecule has 0 atom stereocenters. The molecule has 0 aliphatic heterocycles. The van der Waals surface area contributed by atoms with E-state index in [0.717, 1.165) is 18.3 Å². The molecule has 1 aliphatic carbocycles. The summed E-state index contributed by atoms with van der Waals surface area (Å²) in [6, 6.07) is 7.25. The molecule has 1 N–H and O–H groups in total. The second-order valence-electron chi connectivity index (χ2n) is 5.23.